The van der Waals surface area contributed by atoms with Gasteiger partial charge in [-0.1, -0.05) is 45.8 Å². The number of ether oxygens (including phenoxy) is 2. The van der Waals surface area contributed by atoms with Crippen molar-refractivity contribution >= 4 is 61.8 Å². The Hall–Kier alpha value is -3.34. The lowest BCUT2D eigenvalue weighted by Crippen LogP contribution is -2.46. The molecule has 7 rings (SSSR count). The van der Waals surface area contributed by atoms with Crippen LogP contribution in [-0.2, 0) is 4.74 Å². The molecule has 3 aliphatic rings. The molecule has 212 valence electrons. The summed E-state index contributed by atoms with van der Waals surface area (Å²) >= 11 is 14.4. The number of hydrogen-bond acceptors (Lipinski definition) is 9. The predicted octanol–water partition coefficient (Wildman–Crippen LogP) is 7.20. The first-order chi connectivity index (χ1) is 19.8. The molecule has 3 atom stereocenters. The SMILES string of the molecule is COc1cc2nc(N3[C@@H]4CC[C@H]3C[C@@H](OC(=O)c3c(-c5c(Cl)cccc5Cl)noc3C3CC3)C4)sc2cc1C(=O)O. The van der Waals surface area contributed by atoms with Crippen LogP contribution in [-0.4, -0.2) is 52.5 Å². The summed E-state index contributed by atoms with van der Waals surface area (Å²) in [5.74, 6) is -0.555. The van der Waals surface area contributed by atoms with Gasteiger partial charge in [0, 0.05) is 42.5 Å². The number of aromatic carboxylic acids is 1. The summed E-state index contributed by atoms with van der Waals surface area (Å²) in [5, 5.41) is 15.4. The van der Waals surface area contributed by atoms with Crippen LogP contribution in [0.15, 0.2) is 34.9 Å². The molecule has 2 saturated heterocycles. The van der Waals surface area contributed by atoms with E-state index in [9.17, 15) is 14.7 Å². The number of fused-ring (bicyclic) bond motifs is 3. The third kappa shape index (κ3) is 4.62. The van der Waals surface area contributed by atoms with E-state index in [2.05, 4.69) is 10.1 Å². The van der Waals surface area contributed by atoms with Crippen LogP contribution in [0.25, 0.3) is 21.5 Å². The molecular formula is C29H25Cl2N3O6S. The molecule has 1 aliphatic carbocycles. The standard InChI is InChI=1S/C29H25Cl2N3O6S/c1-38-21-12-20-22(11-17(21)27(35)36)41-29(32-20)34-14-7-8-15(34)10-16(9-14)39-28(37)24-25(33-40-26(24)13-5-6-13)23-18(30)3-2-4-19(23)31/h2-4,11-16H,5-10H2,1H3,(H,35,36)/t14-,15+,16+. The number of carbonyl (C=O) groups is 2. The molecule has 4 heterocycles. The van der Waals surface area contributed by atoms with E-state index in [0.29, 0.717) is 51.0 Å². The summed E-state index contributed by atoms with van der Waals surface area (Å²) in [6.07, 6.45) is 4.81. The summed E-state index contributed by atoms with van der Waals surface area (Å²) in [6.45, 7) is 0. The topological polar surface area (TPSA) is 115 Å². The Morgan fingerprint density at radius 3 is 2.44 bits per heavy atom. The lowest BCUT2D eigenvalue weighted by Gasteiger charge is -2.38. The molecule has 1 saturated carbocycles. The lowest BCUT2D eigenvalue weighted by atomic mass is 9.99. The van der Waals surface area contributed by atoms with Crippen molar-refractivity contribution in [3.63, 3.8) is 0 Å². The monoisotopic (exact) mass is 613 g/mol. The van der Waals surface area contributed by atoms with E-state index in [0.717, 1.165) is 35.5 Å². The summed E-state index contributed by atoms with van der Waals surface area (Å²) in [6, 6.07) is 8.74. The molecule has 2 aromatic carbocycles. The largest absolute Gasteiger partial charge is 0.496 e. The van der Waals surface area contributed by atoms with Crippen molar-refractivity contribution in [3.05, 3.63) is 57.3 Å². The van der Waals surface area contributed by atoms with Gasteiger partial charge in [0.1, 0.15) is 28.7 Å². The molecule has 2 bridgehead atoms. The van der Waals surface area contributed by atoms with Crippen LogP contribution >= 0.6 is 34.5 Å². The van der Waals surface area contributed by atoms with Gasteiger partial charge in [-0.15, -0.1) is 0 Å². The van der Waals surface area contributed by atoms with Crippen molar-refractivity contribution in [2.45, 2.75) is 62.6 Å². The first kappa shape index (κ1) is 26.6. The maximum absolute atomic E-state index is 13.7. The molecule has 2 aliphatic heterocycles. The van der Waals surface area contributed by atoms with E-state index in [4.69, 9.17) is 42.2 Å². The highest BCUT2D eigenvalue weighted by molar-refractivity contribution is 7.22. The van der Waals surface area contributed by atoms with Gasteiger partial charge in [0.25, 0.3) is 0 Å². The average Bonchev–Trinajstić information content (AvgIpc) is 3.46. The number of nitrogens with zero attached hydrogens (tertiary/aromatic N) is 3. The van der Waals surface area contributed by atoms with E-state index in [-0.39, 0.29) is 35.4 Å². The fourth-order valence-electron chi connectivity index (χ4n) is 6.15. The van der Waals surface area contributed by atoms with Crippen molar-refractivity contribution in [1.29, 1.82) is 0 Å². The van der Waals surface area contributed by atoms with Gasteiger partial charge in [-0.2, -0.15) is 0 Å². The average molecular weight is 615 g/mol. The smallest absolute Gasteiger partial charge is 0.344 e. The number of halogens is 2. The van der Waals surface area contributed by atoms with Crippen LogP contribution in [0.5, 0.6) is 5.75 Å². The van der Waals surface area contributed by atoms with Crippen molar-refractivity contribution < 1.29 is 28.7 Å². The third-order valence-electron chi connectivity index (χ3n) is 8.18. The van der Waals surface area contributed by atoms with Gasteiger partial charge in [-0.05, 0) is 43.9 Å². The number of aromatic nitrogens is 2. The van der Waals surface area contributed by atoms with Crippen LogP contribution in [0, 0.1) is 0 Å². The number of thiazole rings is 1. The quantitative estimate of drug-likeness (QED) is 0.216. The van der Waals surface area contributed by atoms with Crippen LogP contribution in [0.2, 0.25) is 10.0 Å². The normalized spacial score (nSPS) is 21.8. The summed E-state index contributed by atoms with van der Waals surface area (Å²) in [5.41, 5.74) is 1.91. The number of carbonyl (C=O) groups excluding carboxylic acids is 1. The first-order valence-corrected chi connectivity index (χ1v) is 15.0. The number of piperidine rings is 1. The Balaban J connectivity index is 1.14. The van der Waals surface area contributed by atoms with Gasteiger partial charge in [0.2, 0.25) is 0 Å². The Morgan fingerprint density at radius 2 is 1.80 bits per heavy atom. The number of rotatable bonds is 7. The highest BCUT2D eigenvalue weighted by atomic mass is 35.5. The Labute approximate surface area is 248 Å². The number of methoxy groups -OCH3 is 1. The molecule has 1 N–H and O–H groups in total. The second-order valence-electron chi connectivity index (χ2n) is 10.8. The molecule has 4 aromatic rings. The van der Waals surface area contributed by atoms with Crippen molar-refractivity contribution in [3.8, 4) is 17.0 Å². The number of carboxylic acid groups (broad SMARTS) is 1. The van der Waals surface area contributed by atoms with E-state index >= 15 is 0 Å². The van der Waals surface area contributed by atoms with Gasteiger partial charge in [-0.25, -0.2) is 14.6 Å². The van der Waals surface area contributed by atoms with Crippen LogP contribution in [0.3, 0.4) is 0 Å². The minimum atomic E-state index is -1.04. The third-order valence-corrected chi connectivity index (χ3v) is 9.85. The molecule has 0 amide bonds. The highest BCUT2D eigenvalue weighted by Crippen LogP contribution is 2.47. The van der Waals surface area contributed by atoms with E-state index in [1.165, 1.54) is 18.4 Å². The molecule has 9 nitrogen and oxygen atoms in total. The fourth-order valence-corrected chi connectivity index (χ4v) is 7.86. The zero-order valence-electron chi connectivity index (χ0n) is 21.9. The highest BCUT2D eigenvalue weighted by Gasteiger charge is 2.45. The second-order valence-corrected chi connectivity index (χ2v) is 12.6. The number of hydrogen-bond donors (Lipinski definition) is 1. The lowest BCUT2D eigenvalue weighted by molar-refractivity contribution is 0.0202. The minimum Gasteiger partial charge on any atom is -0.496 e. The molecule has 0 radical (unpaired) electrons. The molecule has 12 heteroatoms. The van der Waals surface area contributed by atoms with E-state index < -0.39 is 11.9 Å². The maximum Gasteiger partial charge on any atom is 0.344 e. The molecule has 3 fully saturated rings. The zero-order valence-corrected chi connectivity index (χ0v) is 24.3. The predicted molar refractivity (Wildman–Crippen MR) is 155 cm³/mol. The summed E-state index contributed by atoms with van der Waals surface area (Å²) in [4.78, 5) is 32.5. The second kappa shape index (κ2) is 10.2. The van der Waals surface area contributed by atoms with E-state index in [1.807, 2.05) is 0 Å². The van der Waals surface area contributed by atoms with Gasteiger partial charge >= 0.3 is 11.9 Å². The zero-order chi connectivity index (χ0) is 28.4. The molecule has 41 heavy (non-hydrogen) atoms. The van der Waals surface area contributed by atoms with Gasteiger partial charge < -0.3 is 24.0 Å². The van der Waals surface area contributed by atoms with Gasteiger partial charge in [-0.3, -0.25) is 0 Å². The molecule has 0 unspecified atom stereocenters. The summed E-state index contributed by atoms with van der Waals surface area (Å²) in [7, 11) is 1.45. The number of benzene rings is 2. The Morgan fingerprint density at radius 1 is 1.10 bits per heavy atom. The van der Waals surface area contributed by atoms with Gasteiger partial charge in [0.05, 0.1) is 27.4 Å². The van der Waals surface area contributed by atoms with Crippen molar-refractivity contribution in [1.82, 2.24) is 10.1 Å². The Kier molecular flexibility index (Phi) is 6.59. The number of anilines is 1. The fraction of sp³-hybridized carbons (Fsp3) is 0.379. The number of carboxylic acids is 1. The first-order valence-electron chi connectivity index (χ1n) is 13.5. The van der Waals surface area contributed by atoms with E-state index in [1.54, 1.807) is 30.3 Å². The van der Waals surface area contributed by atoms with Crippen LogP contribution in [0.4, 0.5) is 5.13 Å². The van der Waals surface area contributed by atoms with Gasteiger partial charge in [0.15, 0.2) is 10.9 Å². The van der Waals surface area contributed by atoms with Crippen molar-refractivity contribution in [2.75, 3.05) is 12.0 Å². The van der Waals surface area contributed by atoms with Crippen molar-refractivity contribution in [2.24, 2.45) is 0 Å². The molecule has 2 aromatic heterocycles. The minimum absolute atomic E-state index is 0.112. The number of esters is 1. The van der Waals surface area contributed by atoms with Crippen LogP contribution in [0.1, 0.15) is 70.9 Å². The molecular weight excluding hydrogens is 589 g/mol. The summed E-state index contributed by atoms with van der Waals surface area (Å²) < 4.78 is 17.9. The Bertz CT molecular complexity index is 1660. The maximum atomic E-state index is 13.7. The molecule has 0 spiro atoms. The van der Waals surface area contributed by atoms with Crippen LogP contribution < -0.4 is 9.64 Å².